The summed E-state index contributed by atoms with van der Waals surface area (Å²) in [5.41, 5.74) is 5.77. The molecule has 0 fully saturated rings. The molecular weight excluding hydrogens is 322 g/mol. The van der Waals surface area contributed by atoms with Gasteiger partial charge in [0.2, 0.25) is 15.7 Å². The molecule has 1 aromatic carbocycles. The molecule has 0 heterocycles. The normalized spacial score (nSPS) is 13.2. The second-order valence-corrected chi connectivity index (χ2v) is 7.11. The molecule has 0 saturated heterocycles. The van der Waals surface area contributed by atoms with E-state index in [-0.39, 0.29) is 5.69 Å². The zero-order chi connectivity index (χ0) is 16.0. The first-order chi connectivity index (χ1) is 9.78. The van der Waals surface area contributed by atoms with Crippen molar-refractivity contribution in [2.45, 2.75) is 23.1 Å². The molecule has 5 nitrogen and oxygen atoms in total. The number of thioether (sulfide) groups is 1. The van der Waals surface area contributed by atoms with Crippen LogP contribution in [0.15, 0.2) is 29.2 Å². The molecule has 3 N–H and O–H groups in total. The molecule has 0 aliphatic heterocycles. The summed E-state index contributed by atoms with van der Waals surface area (Å²) in [5.74, 6) is -3.29. The topological polar surface area (TPSA) is 89.3 Å². The van der Waals surface area contributed by atoms with Gasteiger partial charge >= 0.3 is 5.76 Å². The molecule has 21 heavy (non-hydrogen) atoms. The molecule has 0 spiro atoms. The SMILES string of the molecule is CSCC[C@H](N)C(=O)Nc1cccc(S(=O)(=O)C(F)F)c1. The number of amides is 1. The molecule has 9 heteroatoms. The second kappa shape index (κ2) is 7.71. The molecule has 0 aliphatic rings. The monoisotopic (exact) mass is 338 g/mol. The zero-order valence-corrected chi connectivity index (χ0v) is 12.9. The molecular formula is C12H16F2N2O3S2. The van der Waals surface area contributed by atoms with Crippen molar-refractivity contribution in [3.05, 3.63) is 24.3 Å². The Hall–Kier alpha value is -1.19. The maximum atomic E-state index is 12.5. The number of benzene rings is 1. The molecule has 1 atom stereocenters. The summed E-state index contributed by atoms with van der Waals surface area (Å²) in [6.07, 6.45) is 2.34. The number of carbonyl (C=O) groups is 1. The summed E-state index contributed by atoms with van der Waals surface area (Å²) >= 11 is 1.54. The van der Waals surface area contributed by atoms with Gasteiger partial charge in [-0.25, -0.2) is 8.42 Å². The number of nitrogens with two attached hydrogens (primary N) is 1. The van der Waals surface area contributed by atoms with E-state index in [1.165, 1.54) is 12.1 Å². The summed E-state index contributed by atoms with van der Waals surface area (Å²) in [7, 11) is -4.69. The first kappa shape index (κ1) is 17.9. The molecule has 1 aromatic rings. The van der Waals surface area contributed by atoms with Crippen molar-refractivity contribution < 1.29 is 22.0 Å². The average molecular weight is 338 g/mol. The minimum absolute atomic E-state index is 0.112. The van der Waals surface area contributed by atoms with Crippen LogP contribution in [0.1, 0.15) is 6.42 Å². The van der Waals surface area contributed by atoms with Crippen LogP contribution in [0.5, 0.6) is 0 Å². The number of alkyl halides is 2. The van der Waals surface area contributed by atoms with E-state index in [1.807, 2.05) is 6.26 Å². The first-order valence-corrected chi connectivity index (χ1v) is 8.90. The van der Waals surface area contributed by atoms with E-state index in [2.05, 4.69) is 5.32 Å². The van der Waals surface area contributed by atoms with Gasteiger partial charge in [0.1, 0.15) is 0 Å². The van der Waals surface area contributed by atoms with Crippen LogP contribution in [0, 0.1) is 0 Å². The van der Waals surface area contributed by atoms with Crippen molar-refractivity contribution in [1.29, 1.82) is 0 Å². The van der Waals surface area contributed by atoms with Crippen LogP contribution in [-0.2, 0) is 14.6 Å². The minimum atomic E-state index is -4.69. The van der Waals surface area contributed by atoms with Crippen molar-refractivity contribution in [3.8, 4) is 0 Å². The second-order valence-electron chi connectivity index (χ2n) is 4.21. The molecule has 1 amide bonds. The van der Waals surface area contributed by atoms with Crippen LogP contribution in [0.25, 0.3) is 0 Å². The standard InChI is InChI=1S/C12H16F2N2O3S2/c1-20-6-5-10(15)11(17)16-8-3-2-4-9(7-8)21(18,19)12(13)14/h2-4,7,10,12H,5-6,15H2,1H3,(H,16,17)/t10-/m0/s1. The fourth-order valence-corrected chi connectivity index (χ4v) is 2.72. The molecule has 0 radical (unpaired) electrons. The number of sulfone groups is 1. The van der Waals surface area contributed by atoms with Crippen LogP contribution in [0.2, 0.25) is 0 Å². The van der Waals surface area contributed by atoms with Crippen LogP contribution in [0.4, 0.5) is 14.5 Å². The highest BCUT2D eigenvalue weighted by atomic mass is 32.2. The molecule has 118 valence electrons. The van der Waals surface area contributed by atoms with Gasteiger partial charge in [0, 0.05) is 5.69 Å². The van der Waals surface area contributed by atoms with Crippen LogP contribution in [0.3, 0.4) is 0 Å². The van der Waals surface area contributed by atoms with Gasteiger partial charge in [-0.15, -0.1) is 0 Å². The van der Waals surface area contributed by atoms with Crippen molar-refractivity contribution in [1.82, 2.24) is 0 Å². The van der Waals surface area contributed by atoms with Crippen LogP contribution in [-0.4, -0.2) is 38.1 Å². The Labute approximate surface area is 126 Å². The molecule has 0 aliphatic carbocycles. The highest BCUT2D eigenvalue weighted by Gasteiger charge is 2.26. The minimum Gasteiger partial charge on any atom is -0.325 e. The van der Waals surface area contributed by atoms with Crippen LogP contribution < -0.4 is 11.1 Å². The summed E-state index contributed by atoms with van der Waals surface area (Å²) in [5, 5.41) is 2.42. The third kappa shape index (κ3) is 4.94. The van der Waals surface area contributed by atoms with Gasteiger partial charge < -0.3 is 11.1 Å². The molecule has 0 aromatic heterocycles. The van der Waals surface area contributed by atoms with Crippen LogP contribution >= 0.6 is 11.8 Å². The summed E-state index contributed by atoms with van der Waals surface area (Å²) in [4.78, 5) is 11.2. The lowest BCUT2D eigenvalue weighted by Gasteiger charge is -2.12. The quantitative estimate of drug-likeness (QED) is 0.790. The number of anilines is 1. The first-order valence-electron chi connectivity index (χ1n) is 5.96. The molecule has 1 rings (SSSR count). The lowest BCUT2D eigenvalue weighted by Crippen LogP contribution is -2.36. The highest BCUT2D eigenvalue weighted by Crippen LogP contribution is 2.21. The average Bonchev–Trinajstić information content (AvgIpc) is 2.44. The smallest absolute Gasteiger partial charge is 0.325 e. The van der Waals surface area contributed by atoms with E-state index in [9.17, 15) is 22.0 Å². The Morgan fingerprint density at radius 2 is 2.10 bits per heavy atom. The maximum Gasteiger partial charge on any atom is 0.341 e. The Balaban J connectivity index is 2.85. The van der Waals surface area contributed by atoms with Gasteiger partial charge in [-0.05, 0) is 36.6 Å². The van der Waals surface area contributed by atoms with Crippen molar-refractivity contribution in [2.75, 3.05) is 17.3 Å². The third-order valence-electron chi connectivity index (χ3n) is 2.63. The number of nitrogens with one attached hydrogen (secondary N) is 1. The van der Waals surface area contributed by atoms with Gasteiger partial charge in [-0.1, -0.05) is 6.07 Å². The van der Waals surface area contributed by atoms with Crippen molar-refractivity contribution in [3.63, 3.8) is 0 Å². The van der Waals surface area contributed by atoms with E-state index in [0.717, 1.165) is 12.1 Å². The van der Waals surface area contributed by atoms with E-state index < -0.39 is 32.4 Å². The number of hydrogen-bond acceptors (Lipinski definition) is 5. The maximum absolute atomic E-state index is 12.5. The Morgan fingerprint density at radius 1 is 1.43 bits per heavy atom. The van der Waals surface area contributed by atoms with Crippen molar-refractivity contribution in [2.24, 2.45) is 5.73 Å². The van der Waals surface area contributed by atoms with E-state index in [1.54, 1.807) is 11.8 Å². The predicted octanol–water partition coefficient (Wildman–Crippen LogP) is 1.70. The fourth-order valence-electron chi connectivity index (χ4n) is 1.46. The molecule has 0 bridgehead atoms. The third-order valence-corrected chi connectivity index (χ3v) is 4.66. The number of carbonyl (C=O) groups excluding carboxylic acids is 1. The van der Waals surface area contributed by atoms with Gasteiger partial charge in [-0.3, -0.25) is 4.79 Å². The summed E-state index contributed by atoms with van der Waals surface area (Å²) in [6, 6.07) is 3.97. The summed E-state index contributed by atoms with van der Waals surface area (Å²) < 4.78 is 47.6. The number of hydrogen-bond donors (Lipinski definition) is 2. The van der Waals surface area contributed by atoms with Gasteiger partial charge in [0.05, 0.1) is 10.9 Å². The predicted molar refractivity (Wildman–Crippen MR) is 79.2 cm³/mol. The Morgan fingerprint density at radius 3 is 2.67 bits per heavy atom. The van der Waals surface area contributed by atoms with E-state index >= 15 is 0 Å². The Bertz CT molecular complexity index is 594. The number of rotatable bonds is 7. The largest absolute Gasteiger partial charge is 0.341 e. The molecule has 0 unspecified atom stereocenters. The zero-order valence-electron chi connectivity index (χ0n) is 11.3. The summed E-state index contributed by atoms with van der Waals surface area (Å²) in [6.45, 7) is 0. The van der Waals surface area contributed by atoms with Gasteiger partial charge in [-0.2, -0.15) is 20.5 Å². The number of halogens is 2. The fraction of sp³-hybridized carbons (Fsp3) is 0.417. The highest BCUT2D eigenvalue weighted by molar-refractivity contribution is 7.98. The van der Waals surface area contributed by atoms with E-state index in [4.69, 9.17) is 5.73 Å². The van der Waals surface area contributed by atoms with Gasteiger partial charge in [0.15, 0.2) is 0 Å². The molecule has 0 saturated carbocycles. The Kier molecular flexibility index (Phi) is 6.56. The van der Waals surface area contributed by atoms with E-state index in [0.29, 0.717) is 12.2 Å². The van der Waals surface area contributed by atoms with Crippen molar-refractivity contribution >= 4 is 33.2 Å². The van der Waals surface area contributed by atoms with Gasteiger partial charge in [0.25, 0.3) is 0 Å². The lowest BCUT2D eigenvalue weighted by atomic mass is 10.2. The lowest BCUT2D eigenvalue weighted by molar-refractivity contribution is -0.117.